The molecular weight excluding hydrogens is 476 g/mol. The molecule has 5 rings (SSSR count). The molecular formula is C28H30N2O5S. The van der Waals surface area contributed by atoms with E-state index in [0.29, 0.717) is 34.5 Å². The maximum Gasteiger partial charge on any atom is 0.375 e. The lowest BCUT2D eigenvalue weighted by Crippen LogP contribution is -3.10. The topological polar surface area (TPSA) is 96.9 Å². The van der Waals surface area contributed by atoms with Gasteiger partial charge in [-0.3, -0.25) is 4.79 Å². The minimum Gasteiger partial charge on any atom is -0.872 e. The predicted molar refractivity (Wildman–Crippen MR) is 139 cm³/mol. The molecule has 0 atom stereocenters. The fourth-order valence-corrected chi connectivity index (χ4v) is 6.04. The third kappa shape index (κ3) is 4.51. The second-order valence-corrected chi connectivity index (χ2v) is 10.3. The van der Waals surface area contributed by atoms with Gasteiger partial charge < -0.3 is 19.2 Å². The highest BCUT2D eigenvalue weighted by molar-refractivity contribution is 7.21. The molecule has 8 heteroatoms. The van der Waals surface area contributed by atoms with E-state index >= 15 is 0 Å². The average molecular weight is 507 g/mol. The van der Waals surface area contributed by atoms with Crippen LogP contribution in [0.3, 0.4) is 0 Å². The molecule has 3 heterocycles. The lowest BCUT2D eigenvalue weighted by atomic mass is 10.00. The normalized spacial score (nSPS) is 14.8. The fraction of sp³-hybridized carbons (Fsp3) is 0.393. The second kappa shape index (κ2) is 10.4. The molecule has 1 aliphatic heterocycles. The van der Waals surface area contributed by atoms with Gasteiger partial charge in [0.25, 0.3) is 0 Å². The number of rotatable bonds is 6. The van der Waals surface area contributed by atoms with Crippen LogP contribution in [-0.2, 0) is 17.7 Å². The monoisotopic (exact) mass is 506 g/mol. The van der Waals surface area contributed by atoms with Crippen LogP contribution in [-0.4, -0.2) is 30.6 Å². The van der Waals surface area contributed by atoms with Crippen molar-refractivity contribution in [1.29, 1.82) is 0 Å². The van der Waals surface area contributed by atoms with Crippen LogP contribution in [0.4, 0.5) is 0 Å². The van der Waals surface area contributed by atoms with Crippen molar-refractivity contribution in [3.63, 3.8) is 0 Å². The Bertz CT molecular complexity index is 1450. The average Bonchev–Trinajstić information content (AvgIpc) is 3.13. The summed E-state index contributed by atoms with van der Waals surface area (Å²) in [6, 6.07) is 9.20. The van der Waals surface area contributed by atoms with Crippen molar-refractivity contribution in [3.05, 3.63) is 57.4 Å². The summed E-state index contributed by atoms with van der Waals surface area (Å²) in [5.74, 6) is -1.03. The number of quaternary nitrogens is 1. The molecule has 1 aliphatic rings. The number of carbonyl (C=O) groups is 1. The van der Waals surface area contributed by atoms with E-state index in [4.69, 9.17) is 9.15 Å². The maximum absolute atomic E-state index is 14.0. The van der Waals surface area contributed by atoms with Gasteiger partial charge in [-0.05, 0) is 57.2 Å². The molecule has 36 heavy (non-hydrogen) atoms. The van der Waals surface area contributed by atoms with Gasteiger partial charge in [0.1, 0.15) is 22.7 Å². The number of nitrogens with one attached hydrogen (secondary N) is 1. The molecule has 1 fully saturated rings. The number of fused-ring (bicyclic) bond motifs is 2. The van der Waals surface area contributed by atoms with Crippen LogP contribution in [0.2, 0.25) is 0 Å². The van der Waals surface area contributed by atoms with Crippen LogP contribution < -0.4 is 15.4 Å². The standard InChI is InChI=1S/C28H30N2O5S/c1-3-17-15-18-24(32)22(27-29-20-11-7-8-12-21(20)36-27)26(28(33)34-4-2)35-25(18)19(23(17)31)16-30-13-9-5-6-10-14-30/h7-8,11-12,15,31H,3-6,9-10,13-14,16H2,1-2H3. The van der Waals surface area contributed by atoms with Gasteiger partial charge in [-0.1, -0.05) is 30.4 Å². The first-order chi connectivity index (χ1) is 17.5. The summed E-state index contributed by atoms with van der Waals surface area (Å²) in [4.78, 5) is 33.0. The van der Waals surface area contributed by atoms with Crippen molar-refractivity contribution in [2.24, 2.45) is 0 Å². The zero-order chi connectivity index (χ0) is 25.2. The van der Waals surface area contributed by atoms with Crippen LogP contribution in [0, 0.1) is 0 Å². The molecule has 4 aromatic rings. The predicted octanol–water partition coefficient (Wildman–Crippen LogP) is 3.84. The number of nitrogens with zero attached hydrogens (tertiary/aromatic N) is 1. The van der Waals surface area contributed by atoms with Gasteiger partial charge in [-0.2, -0.15) is 0 Å². The summed E-state index contributed by atoms with van der Waals surface area (Å²) in [6.07, 6.45) is 5.10. The molecule has 0 bridgehead atoms. The van der Waals surface area contributed by atoms with Crippen molar-refractivity contribution in [2.75, 3.05) is 19.7 Å². The first-order valence-corrected chi connectivity index (χ1v) is 13.5. The number of esters is 1. The minimum absolute atomic E-state index is 0.0934. The number of thiazole rings is 1. The molecule has 0 radical (unpaired) electrons. The smallest absolute Gasteiger partial charge is 0.375 e. The highest BCUT2D eigenvalue weighted by Crippen LogP contribution is 2.35. The van der Waals surface area contributed by atoms with Crippen LogP contribution in [0.5, 0.6) is 5.75 Å². The van der Waals surface area contributed by atoms with Gasteiger partial charge in [0.2, 0.25) is 11.2 Å². The number of carbonyl (C=O) groups excluding carboxylic acids is 1. The van der Waals surface area contributed by atoms with E-state index in [2.05, 4.69) is 4.98 Å². The van der Waals surface area contributed by atoms with E-state index in [1.165, 1.54) is 29.1 Å². The number of aromatic nitrogens is 1. The Balaban J connectivity index is 1.77. The second-order valence-electron chi connectivity index (χ2n) is 9.26. The van der Waals surface area contributed by atoms with Gasteiger partial charge in [-0.15, -0.1) is 11.3 Å². The van der Waals surface area contributed by atoms with Gasteiger partial charge in [0.15, 0.2) is 0 Å². The molecule has 188 valence electrons. The van der Waals surface area contributed by atoms with Crippen LogP contribution in [0.1, 0.15) is 61.2 Å². The summed E-state index contributed by atoms with van der Waals surface area (Å²) in [7, 11) is 0. The highest BCUT2D eigenvalue weighted by atomic mass is 32.1. The van der Waals surface area contributed by atoms with E-state index in [1.54, 1.807) is 13.0 Å². The van der Waals surface area contributed by atoms with E-state index in [1.807, 2.05) is 31.2 Å². The highest BCUT2D eigenvalue weighted by Gasteiger charge is 2.28. The lowest BCUT2D eigenvalue weighted by Gasteiger charge is -2.24. The Morgan fingerprint density at radius 2 is 1.92 bits per heavy atom. The molecule has 0 spiro atoms. The lowest BCUT2D eigenvalue weighted by molar-refractivity contribution is -0.913. The summed E-state index contributed by atoms with van der Waals surface area (Å²) in [5, 5.41) is 14.2. The molecule has 1 saturated heterocycles. The van der Waals surface area contributed by atoms with E-state index in [0.717, 1.165) is 36.1 Å². The van der Waals surface area contributed by atoms with E-state index < -0.39 is 5.97 Å². The maximum atomic E-state index is 14.0. The SMILES string of the molecule is CCOC(=O)c1oc2c(C[NH+]3CCCCCC3)c([O-])c(CC)cc2c(=O)c1-c1nc2ccccc2s1. The summed E-state index contributed by atoms with van der Waals surface area (Å²) in [6.45, 7) is 6.15. The number of benzene rings is 2. The Kier molecular flexibility index (Phi) is 7.07. The number of ether oxygens (including phenoxy) is 1. The molecule has 7 nitrogen and oxygen atoms in total. The molecule has 2 aromatic carbocycles. The third-order valence-electron chi connectivity index (χ3n) is 6.89. The zero-order valence-electron chi connectivity index (χ0n) is 20.6. The Labute approximate surface area is 213 Å². The van der Waals surface area contributed by atoms with Gasteiger partial charge in [-0.25, -0.2) is 9.78 Å². The number of aryl methyl sites for hydroxylation is 1. The molecule has 0 unspecified atom stereocenters. The Morgan fingerprint density at radius 1 is 1.17 bits per heavy atom. The number of hydrogen-bond donors (Lipinski definition) is 1. The molecule has 2 aromatic heterocycles. The van der Waals surface area contributed by atoms with Crippen molar-refractivity contribution in [3.8, 4) is 16.3 Å². The summed E-state index contributed by atoms with van der Waals surface area (Å²) < 4.78 is 12.4. The molecule has 1 N–H and O–H groups in total. The number of para-hydroxylation sites is 1. The van der Waals surface area contributed by atoms with Crippen molar-refractivity contribution >= 4 is 38.5 Å². The Hall–Kier alpha value is -3.23. The van der Waals surface area contributed by atoms with Gasteiger partial charge in [0.05, 0.1) is 35.3 Å². The fourth-order valence-electron chi connectivity index (χ4n) is 5.03. The van der Waals surface area contributed by atoms with Crippen molar-refractivity contribution in [1.82, 2.24) is 4.98 Å². The quantitative estimate of drug-likeness (QED) is 0.399. The number of hydrogen-bond acceptors (Lipinski definition) is 7. The molecule has 0 aliphatic carbocycles. The number of likely N-dealkylation sites (tertiary alicyclic amines) is 1. The summed E-state index contributed by atoms with van der Waals surface area (Å²) in [5.41, 5.74) is 1.72. The molecule has 0 saturated carbocycles. The minimum atomic E-state index is -0.731. The van der Waals surface area contributed by atoms with E-state index in [9.17, 15) is 14.7 Å². The van der Waals surface area contributed by atoms with Gasteiger partial charge >= 0.3 is 5.97 Å². The van der Waals surface area contributed by atoms with Crippen molar-refractivity contribution < 1.29 is 24.0 Å². The van der Waals surface area contributed by atoms with Gasteiger partial charge in [0, 0.05) is 5.56 Å². The first-order valence-electron chi connectivity index (χ1n) is 12.7. The Morgan fingerprint density at radius 3 is 2.61 bits per heavy atom. The largest absolute Gasteiger partial charge is 0.872 e. The third-order valence-corrected chi connectivity index (χ3v) is 7.95. The van der Waals surface area contributed by atoms with Crippen LogP contribution in [0.15, 0.2) is 39.5 Å². The van der Waals surface area contributed by atoms with E-state index in [-0.39, 0.29) is 34.7 Å². The molecule has 0 amide bonds. The van der Waals surface area contributed by atoms with Crippen molar-refractivity contribution in [2.45, 2.75) is 52.5 Å². The zero-order valence-corrected chi connectivity index (χ0v) is 21.5. The first kappa shape index (κ1) is 24.5. The van der Waals surface area contributed by atoms with Crippen LogP contribution >= 0.6 is 11.3 Å². The summed E-state index contributed by atoms with van der Waals surface area (Å²) >= 11 is 1.33. The van der Waals surface area contributed by atoms with Crippen LogP contribution in [0.25, 0.3) is 31.8 Å².